The average molecular weight is 305 g/mol. The molecule has 2 aromatic rings. The van der Waals surface area contributed by atoms with Crippen molar-refractivity contribution in [1.82, 2.24) is 0 Å². The van der Waals surface area contributed by atoms with E-state index in [0.29, 0.717) is 17.4 Å². The van der Waals surface area contributed by atoms with E-state index >= 15 is 0 Å². The Morgan fingerprint density at radius 3 is 2.86 bits per heavy atom. The number of carbonyl (C=O) groups excluding carboxylic acids is 1. The zero-order valence-electron chi connectivity index (χ0n) is 11.0. The lowest BCUT2D eigenvalue weighted by Crippen LogP contribution is -2.14. The van der Waals surface area contributed by atoms with Crippen LogP contribution in [0.4, 0.5) is 5.69 Å². The van der Waals surface area contributed by atoms with Crippen LogP contribution in [0.1, 0.15) is 22.0 Å². The molecular weight excluding hydrogens is 292 g/mol. The fraction of sp³-hybridized carbons (Fsp3) is 0.133. The second kappa shape index (κ2) is 5.18. The molecule has 0 saturated heterocycles. The van der Waals surface area contributed by atoms with Gasteiger partial charge in [-0.1, -0.05) is 11.6 Å². The Kier molecular flexibility index (Phi) is 3.35. The van der Waals surface area contributed by atoms with Crippen molar-refractivity contribution < 1.29 is 14.6 Å². The minimum Gasteiger partial charge on any atom is -0.508 e. The van der Waals surface area contributed by atoms with Crippen molar-refractivity contribution in [2.24, 2.45) is 5.73 Å². The first-order valence-corrected chi connectivity index (χ1v) is 6.74. The molecule has 0 aliphatic carbocycles. The van der Waals surface area contributed by atoms with E-state index in [9.17, 15) is 9.90 Å². The lowest BCUT2D eigenvalue weighted by molar-refractivity contribution is 0.100. The van der Waals surface area contributed by atoms with Crippen molar-refractivity contribution >= 4 is 23.2 Å². The maximum atomic E-state index is 11.1. The normalized spacial score (nSPS) is 16.1. The fourth-order valence-electron chi connectivity index (χ4n) is 2.32. The Balaban J connectivity index is 1.83. The minimum absolute atomic E-state index is 0.0453. The number of rotatable bonds is 3. The molecular formula is C15H13ClN2O3. The number of benzene rings is 2. The van der Waals surface area contributed by atoms with Gasteiger partial charge in [-0.25, -0.2) is 0 Å². The van der Waals surface area contributed by atoms with E-state index in [4.69, 9.17) is 22.1 Å². The smallest absolute Gasteiger partial charge is 0.250 e. The molecule has 0 bridgehead atoms. The van der Waals surface area contributed by atoms with Gasteiger partial charge in [0.05, 0.1) is 16.6 Å². The molecule has 4 N–H and O–H groups in total. The van der Waals surface area contributed by atoms with E-state index < -0.39 is 5.91 Å². The molecule has 0 spiro atoms. The Labute approximate surface area is 126 Å². The van der Waals surface area contributed by atoms with Crippen LogP contribution in [-0.2, 0) is 0 Å². The molecule has 21 heavy (non-hydrogen) atoms. The average Bonchev–Trinajstić information content (AvgIpc) is 2.80. The van der Waals surface area contributed by atoms with Crippen LogP contribution in [0.2, 0.25) is 5.02 Å². The largest absolute Gasteiger partial charge is 0.508 e. The van der Waals surface area contributed by atoms with Gasteiger partial charge in [-0.3, -0.25) is 4.79 Å². The number of nitrogens with two attached hydrogens (primary N) is 1. The highest BCUT2D eigenvalue weighted by atomic mass is 35.5. The Morgan fingerprint density at radius 2 is 2.14 bits per heavy atom. The van der Waals surface area contributed by atoms with Crippen LogP contribution in [-0.4, -0.2) is 17.6 Å². The molecule has 1 aliphatic rings. The van der Waals surface area contributed by atoms with Crippen LogP contribution in [0, 0.1) is 0 Å². The van der Waals surface area contributed by atoms with Crippen LogP contribution in [0.5, 0.6) is 11.5 Å². The van der Waals surface area contributed by atoms with Crippen LogP contribution in [0.3, 0.4) is 0 Å². The highest BCUT2D eigenvalue weighted by molar-refractivity contribution is 6.34. The number of ether oxygens (including phenoxy) is 1. The zero-order valence-corrected chi connectivity index (χ0v) is 11.7. The van der Waals surface area contributed by atoms with E-state index in [-0.39, 0.29) is 17.4 Å². The van der Waals surface area contributed by atoms with Gasteiger partial charge in [0.25, 0.3) is 0 Å². The molecule has 6 heteroatoms. The summed E-state index contributed by atoms with van der Waals surface area (Å²) in [4.78, 5) is 11.1. The molecule has 5 nitrogen and oxygen atoms in total. The summed E-state index contributed by atoms with van der Waals surface area (Å²) >= 11 is 6.03. The third-order valence-corrected chi connectivity index (χ3v) is 3.67. The highest BCUT2D eigenvalue weighted by Crippen LogP contribution is 2.37. The molecule has 3 rings (SSSR count). The molecule has 2 aromatic carbocycles. The Morgan fingerprint density at radius 1 is 1.33 bits per heavy atom. The van der Waals surface area contributed by atoms with Crippen molar-refractivity contribution in [2.75, 3.05) is 11.9 Å². The molecule has 0 aromatic heterocycles. The van der Waals surface area contributed by atoms with E-state index in [1.165, 1.54) is 0 Å². The number of aromatic hydroxyl groups is 1. The van der Waals surface area contributed by atoms with Gasteiger partial charge in [-0.15, -0.1) is 0 Å². The summed E-state index contributed by atoms with van der Waals surface area (Å²) in [6, 6.07) is 9.95. The van der Waals surface area contributed by atoms with Crippen molar-refractivity contribution in [3.63, 3.8) is 0 Å². The van der Waals surface area contributed by atoms with Gasteiger partial charge in [0.1, 0.15) is 18.1 Å². The number of hydrogen-bond donors (Lipinski definition) is 3. The summed E-state index contributed by atoms with van der Waals surface area (Å²) in [7, 11) is 0. The molecule has 0 fully saturated rings. The SMILES string of the molecule is NC(=O)c1ccc(NC2COc3cc(O)ccc32)cc1Cl. The molecule has 1 aliphatic heterocycles. The summed E-state index contributed by atoms with van der Waals surface area (Å²) < 4.78 is 5.53. The first-order chi connectivity index (χ1) is 10.0. The van der Waals surface area contributed by atoms with Gasteiger partial charge in [0, 0.05) is 17.3 Å². The van der Waals surface area contributed by atoms with E-state index in [0.717, 1.165) is 11.3 Å². The fourth-order valence-corrected chi connectivity index (χ4v) is 2.60. The van der Waals surface area contributed by atoms with Gasteiger partial charge in [0.15, 0.2) is 0 Å². The van der Waals surface area contributed by atoms with Crippen molar-refractivity contribution in [2.45, 2.75) is 6.04 Å². The quantitative estimate of drug-likeness (QED) is 0.814. The van der Waals surface area contributed by atoms with Crippen LogP contribution >= 0.6 is 11.6 Å². The van der Waals surface area contributed by atoms with Crippen molar-refractivity contribution in [3.8, 4) is 11.5 Å². The number of phenolic OH excluding ortho intramolecular Hbond substituents is 1. The highest BCUT2D eigenvalue weighted by Gasteiger charge is 2.24. The molecule has 1 heterocycles. The van der Waals surface area contributed by atoms with Gasteiger partial charge in [0.2, 0.25) is 5.91 Å². The number of nitrogens with one attached hydrogen (secondary N) is 1. The first kappa shape index (κ1) is 13.6. The number of fused-ring (bicyclic) bond motifs is 1. The third-order valence-electron chi connectivity index (χ3n) is 3.35. The van der Waals surface area contributed by atoms with Crippen LogP contribution in [0.25, 0.3) is 0 Å². The van der Waals surface area contributed by atoms with Crippen molar-refractivity contribution in [1.29, 1.82) is 0 Å². The molecule has 108 valence electrons. The zero-order chi connectivity index (χ0) is 15.0. The second-order valence-corrected chi connectivity index (χ2v) is 5.20. The number of carbonyl (C=O) groups is 1. The summed E-state index contributed by atoms with van der Waals surface area (Å²) in [6.45, 7) is 0.452. The molecule has 1 atom stereocenters. The maximum absolute atomic E-state index is 11.1. The number of halogens is 1. The van der Waals surface area contributed by atoms with E-state index in [1.54, 1.807) is 30.3 Å². The number of anilines is 1. The number of hydrogen-bond acceptors (Lipinski definition) is 4. The van der Waals surface area contributed by atoms with E-state index in [2.05, 4.69) is 5.32 Å². The Bertz CT molecular complexity index is 718. The monoisotopic (exact) mass is 304 g/mol. The number of primary amides is 1. The van der Waals surface area contributed by atoms with Gasteiger partial charge >= 0.3 is 0 Å². The van der Waals surface area contributed by atoms with Gasteiger partial charge in [-0.2, -0.15) is 0 Å². The number of amides is 1. The summed E-state index contributed by atoms with van der Waals surface area (Å²) in [5.74, 6) is 0.271. The van der Waals surface area contributed by atoms with Gasteiger partial charge in [-0.05, 0) is 30.3 Å². The predicted octanol–water partition coefficient (Wildman–Crippen LogP) is 2.69. The van der Waals surface area contributed by atoms with Crippen LogP contribution in [0.15, 0.2) is 36.4 Å². The van der Waals surface area contributed by atoms with Crippen molar-refractivity contribution in [3.05, 3.63) is 52.5 Å². The molecule has 1 unspecified atom stereocenters. The summed E-state index contributed by atoms with van der Waals surface area (Å²) in [5.41, 5.74) is 7.23. The molecule has 0 saturated carbocycles. The lowest BCUT2D eigenvalue weighted by atomic mass is 10.1. The van der Waals surface area contributed by atoms with Gasteiger partial charge < -0.3 is 20.9 Å². The minimum atomic E-state index is -0.559. The Hall–Kier alpha value is -2.40. The molecule has 1 amide bonds. The summed E-state index contributed by atoms with van der Waals surface area (Å²) in [5, 5.41) is 13.0. The third kappa shape index (κ3) is 2.60. The first-order valence-electron chi connectivity index (χ1n) is 6.36. The maximum Gasteiger partial charge on any atom is 0.250 e. The number of phenols is 1. The predicted molar refractivity (Wildman–Crippen MR) is 79.9 cm³/mol. The second-order valence-electron chi connectivity index (χ2n) is 4.79. The summed E-state index contributed by atoms with van der Waals surface area (Å²) in [6.07, 6.45) is 0. The van der Waals surface area contributed by atoms with Crippen LogP contribution < -0.4 is 15.8 Å². The topological polar surface area (TPSA) is 84.6 Å². The van der Waals surface area contributed by atoms with E-state index in [1.807, 2.05) is 6.07 Å². The standard InChI is InChI=1S/C15H13ClN2O3/c16-12-5-8(1-3-10(12)15(17)20)18-13-7-21-14-6-9(19)2-4-11(13)14/h1-6,13,18-19H,7H2,(H2,17,20). The molecule has 0 radical (unpaired) electrons. The lowest BCUT2D eigenvalue weighted by Gasteiger charge is -2.14.